The number of carbonyl (C=O) groups excluding carboxylic acids is 4. The fourth-order valence-corrected chi connectivity index (χ4v) is 4.66. The van der Waals surface area contributed by atoms with Crippen molar-refractivity contribution in [1.29, 1.82) is 0 Å². The van der Waals surface area contributed by atoms with Crippen molar-refractivity contribution in [3.05, 3.63) is 20.9 Å². The summed E-state index contributed by atoms with van der Waals surface area (Å²) in [6.45, 7) is 6.37. The molecule has 0 aliphatic rings. The van der Waals surface area contributed by atoms with Gasteiger partial charge < -0.3 is 46.4 Å². The number of nitrogens with one attached hydrogen (secondary N) is 3. The molecular formula is C31H48N12O9. The molecule has 2 heterocycles. The maximum atomic E-state index is 14.1. The van der Waals surface area contributed by atoms with E-state index in [1.54, 1.807) is 13.8 Å². The summed E-state index contributed by atoms with van der Waals surface area (Å²) in [6, 6.07) is -3.34. The maximum absolute atomic E-state index is 14.1. The highest BCUT2D eigenvalue weighted by molar-refractivity contribution is 5.98. The number of imidazole rings is 1. The zero-order valence-corrected chi connectivity index (χ0v) is 29.7. The van der Waals surface area contributed by atoms with E-state index in [0.29, 0.717) is 13.0 Å². The Kier molecular flexibility index (Phi) is 19.0. The summed E-state index contributed by atoms with van der Waals surface area (Å²) in [7, 11) is 0. The van der Waals surface area contributed by atoms with Crippen LogP contribution < -0.4 is 37.8 Å². The number of unbranched alkanes of at least 4 members (excludes halogenated alkanes) is 1. The molecule has 0 aliphatic heterocycles. The van der Waals surface area contributed by atoms with Gasteiger partial charge in [-0.05, 0) is 30.7 Å². The van der Waals surface area contributed by atoms with E-state index in [-0.39, 0.29) is 95.1 Å². The van der Waals surface area contributed by atoms with Crippen LogP contribution in [0.1, 0.15) is 51.2 Å². The molecule has 0 aliphatic carbocycles. The zero-order chi connectivity index (χ0) is 38.5. The van der Waals surface area contributed by atoms with Gasteiger partial charge in [0.1, 0.15) is 24.2 Å². The quantitative estimate of drug-likeness (QED) is 0.0298. The van der Waals surface area contributed by atoms with Gasteiger partial charge in [0.2, 0.25) is 11.8 Å². The summed E-state index contributed by atoms with van der Waals surface area (Å²) in [6.07, 6.45) is 7.18. The first-order valence-electron chi connectivity index (χ1n) is 16.7. The lowest BCUT2D eigenvalue weighted by Gasteiger charge is -2.25. The average molecular weight is 733 g/mol. The van der Waals surface area contributed by atoms with E-state index in [4.69, 9.17) is 42.4 Å². The Morgan fingerprint density at radius 1 is 1.04 bits per heavy atom. The third kappa shape index (κ3) is 13.7. The molecule has 2 aromatic rings. The lowest BCUT2D eigenvalue weighted by Crippen LogP contribution is -2.55. The predicted octanol–water partition coefficient (Wildman–Crippen LogP) is 0.0617. The van der Waals surface area contributed by atoms with Gasteiger partial charge in [-0.3, -0.25) is 19.0 Å². The van der Waals surface area contributed by atoms with E-state index in [9.17, 15) is 24.0 Å². The van der Waals surface area contributed by atoms with Crippen molar-refractivity contribution in [2.45, 2.75) is 65.1 Å². The first kappa shape index (κ1) is 42.7. The van der Waals surface area contributed by atoms with E-state index in [1.165, 1.54) is 0 Å². The van der Waals surface area contributed by atoms with Crippen LogP contribution in [0.15, 0.2) is 9.91 Å². The Bertz CT molecular complexity index is 1650. The van der Waals surface area contributed by atoms with Crippen molar-refractivity contribution in [2.75, 3.05) is 65.1 Å². The molecular weight excluding hydrogens is 684 g/mol. The number of nitrogen functional groups attached to an aromatic ring is 1. The lowest BCUT2D eigenvalue weighted by molar-refractivity contribution is -0.133. The molecule has 0 fully saturated rings. The number of rotatable bonds is 25. The second-order valence-corrected chi connectivity index (χ2v) is 11.5. The molecule has 2 rings (SSSR count). The number of aromatic nitrogens is 4. The van der Waals surface area contributed by atoms with Crippen molar-refractivity contribution in [2.24, 2.45) is 16.8 Å². The first-order chi connectivity index (χ1) is 25.0. The number of hydrogen-bond acceptors (Lipinski definition) is 13. The molecule has 0 unspecified atom stereocenters. The smallest absolute Gasteiger partial charge is 0.338 e. The van der Waals surface area contributed by atoms with E-state index in [2.05, 4.69) is 41.9 Å². The van der Waals surface area contributed by atoms with Crippen molar-refractivity contribution < 1.29 is 38.1 Å². The van der Waals surface area contributed by atoms with Crippen LogP contribution >= 0.6 is 0 Å². The topological polar surface area (TPSA) is 295 Å². The van der Waals surface area contributed by atoms with Crippen LogP contribution in [-0.2, 0) is 30.3 Å². The Hall–Kier alpha value is -5.42. The molecule has 286 valence electrons. The number of fused-ring (bicyclic) bond motifs is 1. The number of urea groups is 1. The summed E-state index contributed by atoms with van der Waals surface area (Å²) in [5.41, 5.74) is 18.6. The molecule has 21 nitrogen and oxygen atoms in total. The fourth-order valence-electron chi connectivity index (χ4n) is 4.66. The van der Waals surface area contributed by atoms with Gasteiger partial charge in [0.05, 0.1) is 46.2 Å². The molecule has 7 N–H and O–H groups in total. The second kappa shape index (κ2) is 23.1. The van der Waals surface area contributed by atoms with Gasteiger partial charge in [-0.2, -0.15) is 9.97 Å². The minimum absolute atomic E-state index is 0.0379. The molecule has 0 bridgehead atoms. The maximum Gasteiger partial charge on any atom is 0.338 e. The first-order valence-corrected chi connectivity index (χ1v) is 16.7. The molecule has 4 amide bonds. The number of nitrogens with two attached hydrogens (primary N) is 2. The molecule has 2 atom stereocenters. The molecule has 0 saturated carbocycles. The molecule has 21 heteroatoms. The third-order valence-electron chi connectivity index (χ3n) is 7.20. The van der Waals surface area contributed by atoms with Crippen LogP contribution in [0, 0.1) is 18.3 Å². The number of azide groups is 1. The van der Waals surface area contributed by atoms with E-state index >= 15 is 0 Å². The Balaban J connectivity index is 2.21. The minimum atomic E-state index is -1.35. The standard InChI is InChI=1S/C31H48N12O9/c1-5-7-13-52-30-39-25(32)24-26(40-30)42(12-6-2)31(48)43(24)28(46)21(9-8-10-35-29(33)47)37-27(45)23(20(3)4)38-22(44)19-51-18-17-50-16-15-49-14-11-36-41-34/h2,20-21,23H,5,7-19H2,1,3-4H3,(H,37,45)(H,38,44)(H2,32,39,40)(H3,33,35,47)/t21-,23-/m0/s1. The molecule has 0 aromatic carbocycles. The van der Waals surface area contributed by atoms with Crippen molar-refractivity contribution >= 4 is 40.7 Å². The van der Waals surface area contributed by atoms with Gasteiger partial charge >= 0.3 is 17.7 Å². The van der Waals surface area contributed by atoms with Gasteiger partial charge in [0.15, 0.2) is 11.5 Å². The summed E-state index contributed by atoms with van der Waals surface area (Å²) in [5, 5.41) is 11.0. The summed E-state index contributed by atoms with van der Waals surface area (Å²) in [4.78, 5) is 76.4. The Labute approximate surface area is 300 Å². The number of carbonyl (C=O) groups is 4. The molecule has 0 spiro atoms. The van der Waals surface area contributed by atoms with Crippen LogP contribution in [0.3, 0.4) is 0 Å². The van der Waals surface area contributed by atoms with Gasteiger partial charge in [0.25, 0.3) is 5.91 Å². The highest BCUT2D eigenvalue weighted by atomic mass is 16.5. The monoisotopic (exact) mass is 732 g/mol. The van der Waals surface area contributed by atoms with E-state index < -0.39 is 47.4 Å². The fraction of sp³-hybridized carbons (Fsp3) is 0.645. The summed E-state index contributed by atoms with van der Waals surface area (Å²) >= 11 is 0. The van der Waals surface area contributed by atoms with Gasteiger partial charge in [-0.1, -0.05) is 38.2 Å². The SMILES string of the molecule is C#CCn1c(=O)n(C(=O)[C@H](CCCNC(N)=O)NC(=O)[C@@H](NC(=O)COCCOCCOCCN=[N+]=[N-])C(C)C)c2c(N)nc(OCCCC)nc21. The summed E-state index contributed by atoms with van der Waals surface area (Å²) in [5.74, 6) is -0.508. The van der Waals surface area contributed by atoms with Crippen molar-refractivity contribution in [3.63, 3.8) is 0 Å². The van der Waals surface area contributed by atoms with Crippen LogP contribution in [0.5, 0.6) is 6.01 Å². The normalized spacial score (nSPS) is 12.1. The number of nitrogens with zero attached hydrogens (tertiary/aromatic N) is 7. The Morgan fingerprint density at radius 2 is 1.73 bits per heavy atom. The number of ether oxygens (including phenoxy) is 4. The van der Waals surface area contributed by atoms with Crippen molar-refractivity contribution in [1.82, 2.24) is 35.1 Å². The summed E-state index contributed by atoms with van der Waals surface area (Å²) < 4.78 is 23.3. The van der Waals surface area contributed by atoms with Gasteiger partial charge in [-0.15, -0.1) is 6.42 Å². The number of anilines is 1. The second-order valence-electron chi connectivity index (χ2n) is 11.5. The van der Waals surface area contributed by atoms with E-state index in [1.807, 2.05) is 6.92 Å². The lowest BCUT2D eigenvalue weighted by atomic mass is 10.0. The van der Waals surface area contributed by atoms with Crippen LogP contribution in [0.25, 0.3) is 21.6 Å². The molecule has 0 saturated heterocycles. The average Bonchev–Trinajstić information content (AvgIpc) is 3.38. The zero-order valence-electron chi connectivity index (χ0n) is 29.7. The molecule has 52 heavy (non-hydrogen) atoms. The highest BCUT2D eigenvalue weighted by Gasteiger charge is 2.32. The number of primary amides is 1. The van der Waals surface area contributed by atoms with Crippen LogP contribution in [0.2, 0.25) is 0 Å². The van der Waals surface area contributed by atoms with Crippen molar-refractivity contribution in [3.8, 4) is 18.4 Å². The molecule has 2 aromatic heterocycles. The van der Waals surface area contributed by atoms with Gasteiger partial charge in [0, 0.05) is 18.0 Å². The van der Waals surface area contributed by atoms with Crippen LogP contribution in [-0.4, -0.2) is 114 Å². The third-order valence-corrected chi connectivity index (χ3v) is 7.20. The largest absolute Gasteiger partial charge is 0.463 e. The highest BCUT2D eigenvalue weighted by Crippen LogP contribution is 2.21. The number of hydrogen-bond donors (Lipinski definition) is 5. The predicted molar refractivity (Wildman–Crippen MR) is 188 cm³/mol. The minimum Gasteiger partial charge on any atom is -0.463 e. The number of terminal acetylenes is 1. The van der Waals surface area contributed by atoms with Crippen LogP contribution in [0.4, 0.5) is 10.6 Å². The van der Waals surface area contributed by atoms with Gasteiger partial charge in [-0.25, -0.2) is 14.2 Å². The number of amides is 4. The van der Waals surface area contributed by atoms with E-state index in [0.717, 1.165) is 15.6 Å². The molecule has 0 radical (unpaired) electrons. The Morgan fingerprint density at radius 3 is 2.37 bits per heavy atom.